The van der Waals surface area contributed by atoms with Crippen LogP contribution in [0, 0.1) is 0 Å². The number of carbonyl (C=O) groups excluding carboxylic acids is 1. The van der Waals surface area contributed by atoms with Crippen LogP contribution in [0.2, 0.25) is 5.02 Å². The number of hydrogen-bond acceptors (Lipinski definition) is 7. The molecule has 4 aromatic rings. The number of phenolic OH excluding ortho intramolecular Hbond substituents is 1. The molecule has 1 atom stereocenters. The number of carbonyl (C=O) groups is 1. The molecule has 2 aromatic heterocycles. The van der Waals surface area contributed by atoms with Gasteiger partial charge in [-0.1, -0.05) is 17.7 Å². The fourth-order valence-electron chi connectivity index (χ4n) is 4.56. The van der Waals surface area contributed by atoms with Crippen LogP contribution in [0.4, 0.5) is 0 Å². The van der Waals surface area contributed by atoms with E-state index in [9.17, 15) is 9.90 Å². The molecular weight excluding hydrogens is 484 g/mol. The minimum absolute atomic E-state index is 0.00417. The van der Waals surface area contributed by atoms with Crippen molar-refractivity contribution in [3.8, 4) is 34.3 Å². The highest BCUT2D eigenvalue weighted by atomic mass is 35.5. The van der Waals surface area contributed by atoms with Crippen molar-refractivity contribution in [3.63, 3.8) is 0 Å². The third-order valence-corrected chi connectivity index (χ3v) is 6.39. The maximum atomic E-state index is 13.7. The number of benzene rings is 2. The average molecular weight is 507 g/mol. The highest BCUT2D eigenvalue weighted by molar-refractivity contribution is 6.31. The first-order chi connectivity index (χ1) is 17.5. The van der Waals surface area contributed by atoms with E-state index in [0.29, 0.717) is 50.3 Å². The molecule has 1 amide bonds. The molecule has 0 saturated carbocycles. The first-order valence-electron chi connectivity index (χ1n) is 11.0. The summed E-state index contributed by atoms with van der Waals surface area (Å²) in [4.78, 5) is 19.6. The van der Waals surface area contributed by atoms with E-state index in [1.54, 1.807) is 41.6 Å². The lowest BCUT2D eigenvalue weighted by Gasteiger charge is -2.27. The number of fused-ring (bicyclic) bond motifs is 1. The van der Waals surface area contributed by atoms with Crippen LogP contribution >= 0.6 is 11.6 Å². The van der Waals surface area contributed by atoms with Crippen molar-refractivity contribution in [1.29, 1.82) is 0 Å². The molecule has 1 aliphatic heterocycles. The summed E-state index contributed by atoms with van der Waals surface area (Å²) in [6, 6.07) is 11.4. The maximum absolute atomic E-state index is 13.7. The van der Waals surface area contributed by atoms with Gasteiger partial charge in [0.05, 0.1) is 27.4 Å². The van der Waals surface area contributed by atoms with Gasteiger partial charge in [0.15, 0.2) is 11.5 Å². The van der Waals surface area contributed by atoms with E-state index < -0.39 is 6.04 Å². The molecule has 1 unspecified atom stereocenters. The van der Waals surface area contributed by atoms with Gasteiger partial charge < -0.3 is 24.2 Å². The van der Waals surface area contributed by atoms with E-state index in [1.165, 1.54) is 27.4 Å². The molecule has 0 spiro atoms. The second kappa shape index (κ2) is 9.43. The quantitative estimate of drug-likeness (QED) is 0.377. The molecule has 5 rings (SSSR count). The molecular formula is C26H23ClN4O5. The van der Waals surface area contributed by atoms with E-state index >= 15 is 0 Å². The van der Waals surface area contributed by atoms with Crippen LogP contribution < -0.4 is 14.2 Å². The number of pyridine rings is 1. The van der Waals surface area contributed by atoms with E-state index in [0.717, 1.165) is 5.56 Å². The molecule has 0 fully saturated rings. The second-order valence-corrected chi connectivity index (χ2v) is 8.61. The van der Waals surface area contributed by atoms with Crippen LogP contribution in [-0.4, -0.2) is 52.4 Å². The van der Waals surface area contributed by atoms with Crippen molar-refractivity contribution in [3.05, 3.63) is 82.3 Å². The summed E-state index contributed by atoms with van der Waals surface area (Å²) in [6.07, 6.45) is 3.40. The normalized spacial score (nSPS) is 14.6. The van der Waals surface area contributed by atoms with Gasteiger partial charge in [0.1, 0.15) is 17.1 Å². The van der Waals surface area contributed by atoms with Gasteiger partial charge in [-0.2, -0.15) is 5.10 Å². The van der Waals surface area contributed by atoms with Crippen LogP contribution in [-0.2, 0) is 6.54 Å². The maximum Gasteiger partial charge on any atom is 0.273 e. The van der Waals surface area contributed by atoms with Gasteiger partial charge in [0.2, 0.25) is 5.75 Å². The van der Waals surface area contributed by atoms with Gasteiger partial charge in [-0.25, -0.2) is 0 Å². The Bertz CT molecular complexity index is 1410. The number of hydrogen-bond donors (Lipinski definition) is 2. The summed E-state index contributed by atoms with van der Waals surface area (Å²) in [5, 5.41) is 18.3. The van der Waals surface area contributed by atoms with Crippen LogP contribution in [0.15, 0.2) is 54.9 Å². The van der Waals surface area contributed by atoms with Gasteiger partial charge in [-0.15, -0.1) is 0 Å². The first kappa shape index (κ1) is 23.5. The van der Waals surface area contributed by atoms with Crippen LogP contribution in [0.1, 0.15) is 33.2 Å². The number of methoxy groups -OCH3 is 3. The van der Waals surface area contributed by atoms with Gasteiger partial charge in [-0.05, 0) is 47.5 Å². The summed E-state index contributed by atoms with van der Waals surface area (Å²) < 4.78 is 16.6. The predicted octanol–water partition coefficient (Wildman–Crippen LogP) is 4.60. The molecule has 184 valence electrons. The Balaban J connectivity index is 1.73. The Kier molecular flexibility index (Phi) is 6.15. The third-order valence-electron chi connectivity index (χ3n) is 6.16. The zero-order chi connectivity index (χ0) is 25.4. The summed E-state index contributed by atoms with van der Waals surface area (Å²) in [5.74, 6) is 1.09. The monoisotopic (exact) mass is 506 g/mol. The van der Waals surface area contributed by atoms with Crippen molar-refractivity contribution in [2.45, 2.75) is 12.6 Å². The van der Waals surface area contributed by atoms with Crippen LogP contribution in [0.5, 0.6) is 23.0 Å². The fourth-order valence-corrected chi connectivity index (χ4v) is 4.73. The second-order valence-electron chi connectivity index (χ2n) is 8.18. The number of amides is 1. The predicted molar refractivity (Wildman–Crippen MR) is 133 cm³/mol. The minimum Gasteiger partial charge on any atom is -0.507 e. The van der Waals surface area contributed by atoms with Crippen LogP contribution in [0.25, 0.3) is 11.3 Å². The van der Waals surface area contributed by atoms with Crippen molar-refractivity contribution in [2.75, 3.05) is 21.3 Å². The number of aromatic hydroxyl groups is 1. The Morgan fingerprint density at radius 3 is 2.47 bits per heavy atom. The van der Waals surface area contributed by atoms with Crippen LogP contribution in [0.3, 0.4) is 0 Å². The molecule has 1 aliphatic rings. The Morgan fingerprint density at radius 2 is 1.83 bits per heavy atom. The zero-order valence-corrected chi connectivity index (χ0v) is 20.5. The van der Waals surface area contributed by atoms with Gasteiger partial charge in [0.25, 0.3) is 5.91 Å². The average Bonchev–Trinajstić information content (AvgIpc) is 3.44. The van der Waals surface area contributed by atoms with Gasteiger partial charge in [0, 0.05) is 35.1 Å². The number of ether oxygens (including phenoxy) is 3. The number of halogens is 1. The Hall–Kier alpha value is -4.24. The number of rotatable bonds is 7. The SMILES string of the molecule is COc1cc(C2c3c(-c4cc(Cl)ccc4O)n[nH]c3C(=O)N2Cc2cccnc2)cc(OC)c1OC. The Labute approximate surface area is 212 Å². The summed E-state index contributed by atoms with van der Waals surface area (Å²) in [5.41, 5.74) is 3.33. The molecule has 2 N–H and O–H groups in total. The lowest BCUT2D eigenvalue weighted by Crippen LogP contribution is -2.29. The lowest BCUT2D eigenvalue weighted by molar-refractivity contribution is 0.0729. The molecule has 9 nitrogen and oxygen atoms in total. The number of phenols is 1. The molecule has 0 aliphatic carbocycles. The standard InChI is InChI=1S/C26H23ClN4O5/c1-34-19-9-15(10-20(35-2)25(19)36-3)24-21-22(17-11-16(27)6-7-18(17)32)29-30-23(21)26(33)31(24)13-14-5-4-8-28-12-14/h4-12,24,32H,13H2,1-3H3,(H,29,30). The number of aromatic nitrogens is 3. The zero-order valence-electron chi connectivity index (χ0n) is 19.8. The van der Waals surface area contributed by atoms with Gasteiger partial charge in [-0.3, -0.25) is 14.9 Å². The van der Waals surface area contributed by atoms with Crippen molar-refractivity contribution < 1.29 is 24.1 Å². The van der Waals surface area contributed by atoms with E-state index in [1.807, 2.05) is 12.1 Å². The highest BCUT2D eigenvalue weighted by Gasteiger charge is 2.43. The molecule has 10 heteroatoms. The summed E-state index contributed by atoms with van der Waals surface area (Å²) in [7, 11) is 4.60. The molecule has 0 radical (unpaired) electrons. The number of nitrogens with zero attached hydrogens (tertiary/aromatic N) is 3. The van der Waals surface area contributed by atoms with Crippen molar-refractivity contribution in [1.82, 2.24) is 20.1 Å². The fraction of sp³-hybridized carbons (Fsp3) is 0.192. The molecule has 0 bridgehead atoms. The third kappa shape index (κ3) is 3.87. The van der Waals surface area contributed by atoms with Crippen molar-refractivity contribution >= 4 is 17.5 Å². The smallest absolute Gasteiger partial charge is 0.273 e. The molecule has 2 aromatic carbocycles. The molecule has 3 heterocycles. The summed E-state index contributed by atoms with van der Waals surface area (Å²) in [6.45, 7) is 0.289. The van der Waals surface area contributed by atoms with Crippen molar-refractivity contribution in [2.24, 2.45) is 0 Å². The Morgan fingerprint density at radius 1 is 1.08 bits per heavy atom. The first-order valence-corrected chi connectivity index (χ1v) is 11.4. The summed E-state index contributed by atoms with van der Waals surface area (Å²) >= 11 is 6.23. The highest BCUT2D eigenvalue weighted by Crippen LogP contribution is 2.48. The topological polar surface area (TPSA) is 110 Å². The largest absolute Gasteiger partial charge is 0.507 e. The van der Waals surface area contributed by atoms with Gasteiger partial charge >= 0.3 is 0 Å². The molecule has 0 saturated heterocycles. The number of nitrogens with one attached hydrogen (secondary N) is 1. The lowest BCUT2D eigenvalue weighted by atomic mass is 9.95. The minimum atomic E-state index is -0.589. The van der Waals surface area contributed by atoms with E-state index in [2.05, 4.69) is 15.2 Å². The number of aromatic amines is 1. The molecule has 36 heavy (non-hydrogen) atoms. The number of H-pyrrole nitrogens is 1. The van der Waals surface area contributed by atoms with E-state index in [4.69, 9.17) is 25.8 Å². The van der Waals surface area contributed by atoms with E-state index in [-0.39, 0.29) is 18.2 Å².